The number of carbonyl (C=O) groups is 4. The van der Waals surface area contributed by atoms with Crippen LogP contribution in [0.25, 0.3) is 20.9 Å². The van der Waals surface area contributed by atoms with Crippen LogP contribution in [0.4, 0.5) is 21.0 Å². The van der Waals surface area contributed by atoms with Crippen molar-refractivity contribution in [2.24, 2.45) is 5.92 Å². The van der Waals surface area contributed by atoms with Gasteiger partial charge in [-0.2, -0.15) is 0 Å². The van der Waals surface area contributed by atoms with Crippen molar-refractivity contribution in [2.75, 3.05) is 23.7 Å². The maximum Gasteiger partial charge on any atom is 0.408 e. The molecule has 2 fully saturated rings. The number of nitrogens with zero attached hydrogens (tertiary/aromatic N) is 2. The summed E-state index contributed by atoms with van der Waals surface area (Å²) >= 11 is 1.61. The van der Waals surface area contributed by atoms with Crippen molar-refractivity contribution < 1.29 is 29.4 Å². The lowest BCUT2D eigenvalue weighted by Crippen LogP contribution is -2.60. The summed E-state index contributed by atoms with van der Waals surface area (Å²) in [6.45, 7) is 0.636. The molecule has 0 spiro atoms. The maximum absolute atomic E-state index is 14.5. The van der Waals surface area contributed by atoms with Gasteiger partial charge in [-0.1, -0.05) is 84.9 Å². The van der Waals surface area contributed by atoms with Crippen LogP contribution >= 0.6 is 11.3 Å². The van der Waals surface area contributed by atoms with Gasteiger partial charge in [0, 0.05) is 40.6 Å². The number of hydrogen-bond acceptors (Lipinski definition) is 5. The molecule has 3 heterocycles. The van der Waals surface area contributed by atoms with E-state index in [0.717, 1.165) is 32.0 Å². The molecule has 1 unspecified atom stereocenters. The van der Waals surface area contributed by atoms with Crippen molar-refractivity contribution in [1.29, 1.82) is 0 Å². The highest BCUT2D eigenvalue weighted by Gasteiger charge is 2.56. The van der Waals surface area contributed by atoms with Crippen LogP contribution in [0.5, 0.6) is 0 Å². The van der Waals surface area contributed by atoms with E-state index in [0.29, 0.717) is 43.6 Å². The predicted molar refractivity (Wildman–Crippen MR) is 206 cm³/mol. The van der Waals surface area contributed by atoms with Crippen molar-refractivity contribution in [3.05, 3.63) is 132 Å². The van der Waals surface area contributed by atoms with E-state index < -0.39 is 23.8 Å². The molecule has 0 radical (unpaired) electrons. The summed E-state index contributed by atoms with van der Waals surface area (Å²) < 4.78 is 0. The summed E-state index contributed by atoms with van der Waals surface area (Å²) in [6, 6.07) is 38.0. The third-order valence-electron chi connectivity index (χ3n) is 10.4. The minimum Gasteiger partial charge on any atom is -0.465 e. The van der Waals surface area contributed by atoms with Crippen LogP contribution in [0.3, 0.4) is 0 Å². The normalized spacial score (nSPS) is 19.5. The monoisotopic (exact) mass is 728 g/mol. The summed E-state index contributed by atoms with van der Waals surface area (Å²) in [5.41, 5.74) is 3.78. The molecule has 7 rings (SSSR count). The van der Waals surface area contributed by atoms with Crippen LogP contribution in [-0.2, 0) is 22.4 Å². The van der Waals surface area contributed by atoms with E-state index >= 15 is 0 Å². The zero-order chi connectivity index (χ0) is 37.0. The Bertz CT molecular complexity index is 2090. The number of thiophene rings is 1. The highest BCUT2D eigenvalue weighted by Crippen LogP contribution is 2.42. The summed E-state index contributed by atoms with van der Waals surface area (Å²) in [5, 5.41) is 25.7. The predicted octanol–water partition coefficient (Wildman–Crippen LogP) is 8.33. The first-order chi connectivity index (χ1) is 25.7. The Morgan fingerprint density at radius 3 is 1.79 bits per heavy atom. The number of carboxylic acid groups (broad SMARTS) is 2. The van der Waals surface area contributed by atoms with E-state index in [2.05, 4.69) is 10.6 Å². The molecule has 1 aromatic heterocycles. The number of benzene rings is 4. The third-order valence-corrected chi connectivity index (χ3v) is 11.6. The maximum atomic E-state index is 14.5. The molecule has 2 saturated heterocycles. The SMILES string of the molecule is O=C(Nc1ccc(-c2ccc(-c3ccc(NC(=O)[C@]4(Cc5ccccc5)C(Cc5ccccc5)CCN4C(=O)O)cc3)s2)cc1)[C@@H]1CCCN1C(=O)O. The van der Waals surface area contributed by atoms with E-state index in [4.69, 9.17) is 0 Å². The standard InChI is InChI=1S/C42H40N4O6S/c47-38(35-12-7-24-45(35)40(49)50)43-33-17-13-30(14-18-33)36-21-22-37(53-36)31-15-19-34(20-16-31)44-39(48)42(27-29-10-5-2-6-11-29)32(23-25-46(42)41(51)52)26-28-8-3-1-4-9-28/h1-6,8-11,13-22,32,35H,7,12,23-27H2,(H,43,47)(H,44,48)(H,49,50)(H,51,52)/t32?,35-,42-/m0/s1. The average Bonchev–Trinajstić information content (AvgIpc) is 3.94. The quantitative estimate of drug-likeness (QED) is 0.114. The Balaban J connectivity index is 1.06. The van der Waals surface area contributed by atoms with Gasteiger partial charge in [-0.3, -0.25) is 19.4 Å². The van der Waals surface area contributed by atoms with Crippen LogP contribution < -0.4 is 10.6 Å². The largest absolute Gasteiger partial charge is 0.465 e. The average molecular weight is 729 g/mol. The van der Waals surface area contributed by atoms with Crippen LogP contribution in [0.2, 0.25) is 0 Å². The van der Waals surface area contributed by atoms with Crippen molar-refractivity contribution in [3.8, 4) is 20.9 Å². The van der Waals surface area contributed by atoms with Gasteiger partial charge in [0.05, 0.1) is 0 Å². The fraction of sp³-hybridized carbons (Fsp3) is 0.238. The topological polar surface area (TPSA) is 139 Å². The number of likely N-dealkylation sites (tertiary alicyclic amines) is 2. The highest BCUT2D eigenvalue weighted by molar-refractivity contribution is 7.18. The molecule has 10 nitrogen and oxygen atoms in total. The molecule has 53 heavy (non-hydrogen) atoms. The Kier molecular flexibility index (Phi) is 10.3. The molecule has 0 bridgehead atoms. The lowest BCUT2D eigenvalue weighted by Gasteiger charge is -2.40. The first-order valence-corrected chi connectivity index (χ1v) is 18.5. The molecule has 4 N–H and O–H groups in total. The minimum absolute atomic E-state index is 0.232. The molecule has 2 aliphatic rings. The van der Waals surface area contributed by atoms with E-state index in [-0.39, 0.29) is 30.7 Å². The summed E-state index contributed by atoms with van der Waals surface area (Å²) in [6.07, 6.45) is 0.398. The van der Waals surface area contributed by atoms with Crippen LogP contribution in [0.15, 0.2) is 121 Å². The molecular weight excluding hydrogens is 689 g/mol. The molecule has 0 saturated carbocycles. The van der Waals surface area contributed by atoms with E-state index in [9.17, 15) is 29.4 Å². The Hall–Kier alpha value is -5.94. The summed E-state index contributed by atoms with van der Waals surface area (Å²) in [7, 11) is 0. The zero-order valence-corrected chi connectivity index (χ0v) is 29.8. The molecule has 270 valence electrons. The van der Waals surface area contributed by atoms with Crippen molar-refractivity contribution in [2.45, 2.75) is 43.7 Å². The van der Waals surface area contributed by atoms with Gasteiger partial charge in [-0.25, -0.2) is 9.59 Å². The van der Waals surface area contributed by atoms with E-state index in [1.54, 1.807) is 11.3 Å². The molecule has 3 atom stereocenters. The molecular formula is C42H40N4O6S. The number of hydrogen-bond donors (Lipinski definition) is 4. The minimum atomic E-state index is -1.31. The number of nitrogens with one attached hydrogen (secondary N) is 2. The van der Waals surface area contributed by atoms with Gasteiger partial charge < -0.3 is 20.8 Å². The second-order valence-electron chi connectivity index (χ2n) is 13.6. The molecule has 5 aromatic rings. The van der Waals surface area contributed by atoms with Crippen molar-refractivity contribution in [1.82, 2.24) is 9.80 Å². The van der Waals surface area contributed by atoms with Crippen LogP contribution in [0, 0.1) is 5.92 Å². The van der Waals surface area contributed by atoms with Gasteiger partial charge in [0.15, 0.2) is 0 Å². The summed E-state index contributed by atoms with van der Waals surface area (Å²) in [5.74, 6) is -0.892. The first kappa shape index (κ1) is 35.5. The fourth-order valence-corrected chi connectivity index (χ4v) is 8.75. The van der Waals surface area contributed by atoms with Crippen LogP contribution in [0.1, 0.15) is 30.4 Å². The van der Waals surface area contributed by atoms with Gasteiger partial charge in [0.1, 0.15) is 11.6 Å². The Morgan fingerprint density at radius 2 is 1.23 bits per heavy atom. The van der Waals surface area contributed by atoms with Crippen molar-refractivity contribution in [3.63, 3.8) is 0 Å². The van der Waals surface area contributed by atoms with Crippen molar-refractivity contribution >= 4 is 46.7 Å². The molecule has 2 aliphatic heterocycles. The van der Waals surface area contributed by atoms with E-state index in [1.807, 2.05) is 121 Å². The smallest absolute Gasteiger partial charge is 0.408 e. The van der Waals surface area contributed by atoms with Gasteiger partial charge in [-0.05, 0) is 90.3 Å². The van der Waals surface area contributed by atoms with Crippen LogP contribution in [-0.4, -0.2) is 68.7 Å². The van der Waals surface area contributed by atoms with E-state index in [1.165, 1.54) is 9.80 Å². The lowest BCUT2D eigenvalue weighted by atomic mass is 9.75. The lowest BCUT2D eigenvalue weighted by molar-refractivity contribution is -0.127. The zero-order valence-electron chi connectivity index (χ0n) is 29.0. The van der Waals surface area contributed by atoms with Gasteiger partial charge in [-0.15, -0.1) is 11.3 Å². The number of anilines is 2. The molecule has 4 amide bonds. The second-order valence-corrected chi connectivity index (χ2v) is 14.7. The number of amides is 4. The fourth-order valence-electron chi connectivity index (χ4n) is 7.73. The highest BCUT2D eigenvalue weighted by atomic mass is 32.1. The number of rotatable bonds is 10. The molecule has 4 aromatic carbocycles. The Morgan fingerprint density at radius 1 is 0.660 bits per heavy atom. The first-order valence-electron chi connectivity index (χ1n) is 17.7. The van der Waals surface area contributed by atoms with Gasteiger partial charge >= 0.3 is 12.2 Å². The summed E-state index contributed by atoms with van der Waals surface area (Å²) in [4.78, 5) is 56.0. The second kappa shape index (κ2) is 15.3. The van der Waals surface area contributed by atoms with Gasteiger partial charge in [0.2, 0.25) is 5.91 Å². The molecule has 11 heteroatoms. The Labute approximate surface area is 311 Å². The van der Waals surface area contributed by atoms with Gasteiger partial charge in [0.25, 0.3) is 5.91 Å². The molecule has 0 aliphatic carbocycles. The number of carbonyl (C=O) groups excluding carboxylic acids is 2. The third kappa shape index (κ3) is 7.52.